The predicted molar refractivity (Wildman–Crippen MR) is 112 cm³/mol. The van der Waals surface area contributed by atoms with Gasteiger partial charge in [-0.05, 0) is 42.0 Å². The normalized spacial score (nSPS) is 11.1. The molecule has 0 unspecified atom stereocenters. The molecule has 0 saturated heterocycles. The van der Waals surface area contributed by atoms with Crippen molar-refractivity contribution in [3.05, 3.63) is 82.8 Å². The molecule has 0 bridgehead atoms. The number of methoxy groups -OCH3 is 1. The van der Waals surface area contributed by atoms with Gasteiger partial charge in [-0.3, -0.25) is 0 Å². The van der Waals surface area contributed by atoms with Crippen LogP contribution in [0.5, 0.6) is 11.5 Å². The summed E-state index contributed by atoms with van der Waals surface area (Å²) in [6.07, 6.45) is 3.22. The van der Waals surface area contributed by atoms with Crippen LogP contribution < -0.4 is 9.47 Å². The highest BCUT2D eigenvalue weighted by Crippen LogP contribution is 2.31. The first kappa shape index (κ1) is 18.7. The fraction of sp³-hybridized carbons (Fsp3) is 0.0952. The van der Waals surface area contributed by atoms with Crippen molar-refractivity contribution in [3.8, 4) is 23.1 Å². The molecule has 2 heterocycles. The van der Waals surface area contributed by atoms with E-state index in [0.29, 0.717) is 34.5 Å². The SMILES string of the molecule is COc1cccc(/C=N\n2c(-c3ccco3)n[nH]c2=S)c1OCc1ccccc1. The second-order valence-corrected chi connectivity index (χ2v) is 6.43. The van der Waals surface area contributed by atoms with Gasteiger partial charge in [-0.1, -0.05) is 36.4 Å². The largest absolute Gasteiger partial charge is 0.493 e. The molecule has 2 aromatic carbocycles. The van der Waals surface area contributed by atoms with Crippen molar-refractivity contribution in [2.45, 2.75) is 6.61 Å². The van der Waals surface area contributed by atoms with Gasteiger partial charge in [0.05, 0.1) is 19.6 Å². The molecule has 1 N–H and O–H groups in total. The lowest BCUT2D eigenvalue weighted by Crippen LogP contribution is -2.02. The third kappa shape index (κ3) is 4.12. The number of hydrogen-bond donors (Lipinski definition) is 1. The second-order valence-electron chi connectivity index (χ2n) is 6.04. The Morgan fingerprint density at radius 1 is 1.14 bits per heavy atom. The van der Waals surface area contributed by atoms with E-state index in [4.69, 9.17) is 26.1 Å². The Labute approximate surface area is 172 Å². The molecule has 4 aromatic rings. The Morgan fingerprint density at radius 2 is 2.00 bits per heavy atom. The molecule has 0 atom stereocenters. The van der Waals surface area contributed by atoms with E-state index in [1.165, 1.54) is 4.68 Å². The summed E-state index contributed by atoms with van der Waals surface area (Å²) < 4.78 is 18.8. The number of ether oxygens (including phenoxy) is 2. The van der Waals surface area contributed by atoms with Gasteiger partial charge in [-0.2, -0.15) is 9.78 Å². The minimum atomic E-state index is 0.349. The summed E-state index contributed by atoms with van der Waals surface area (Å²) in [5, 5.41) is 11.4. The van der Waals surface area contributed by atoms with Crippen LogP contribution in [-0.4, -0.2) is 28.2 Å². The number of para-hydroxylation sites is 1. The molecule has 0 radical (unpaired) electrons. The van der Waals surface area contributed by atoms with Gasteiger partial charge in [0.25, 0.3) is 0 Å². The van der Waals surface area contributed by atoms with Gasteiger partial charge in [-0.25, -0.2) is 5.10 Å². The van der Waals surface area contributed by atoms with E-state index in [1.54, 1.807) is 31.7 Å². The number of furan rings is 1. The minimum Gasteiger partial charge on any atom is -0.493 e. The summed E-state index contributed by atoms with van der Waals surface area (Å²) >= 11 is 5.29. The molecule has 0 amide bonds. The molecule has 7 nitrogen and oxygen atoms in total. The lowest BCUT2D eigenvalue weighted by atomic mass is 10.2. The summed E-state index contributed by atoms with van der Waals surface area (Å²) in [5.41, 5.74) is 1.80. The maximum absolute atomic E-state index is 6.05. The van der Waals surface area contributed by atoms with Crippen molar-refractivity contribution in [1.29, 1.82) is 0 Å². The van der Waals surface area contributed by atoms with E-state index in [1.807, 2.05) is 48.5 Å². The zero-order chi connectivity index (χ0) is 20.1. The maximum atomic E-state index is 6.05. The molecular formula is C21H18N4O3S. The van der Waals surface area contributed by atoms with Gasteiger partial charge in [0, 0.05) is 5.56 Å². The molecule has 2 aromatic heterocycles. The monoisotopic (exact) mass is 406 g/mol. The molecule has 8 heteroatoms. The first-order valence-corrected chi connectivity index (χ1v) is 9.26. The summed E-state index contributed by atoms with van der Waals surface area (Å²) in [4.78, 5) is 0. The summed E-state index contributed by atoms with van der Waals surface area (Å²) in [6, 6.07) is 19.1. The Bertz CT molecular complexity index is 1160. The Hall–Kier alpha value is -3.65. The first-order chi connectivity index (χ1) is 14.3. The summed E-state index contributed by atoms with van der Waals surface area (Å²) in [5.74, 6) is 2.25. The van der Waals surface area contributed by atoms with E-state index in [9.17, 15) is 0 Å². The van der Waals surface area contributed by atoms with Crippen LogP contribution in [0, 0.1) is 4.77 Å². The second kappa shape index (κ2) is 8.57. The third-order valence-corrected chi connectivity index (χ3v) is 4.42. The Kier molecular flexibility index (Phi) is 5.53. The number of nitrogens with zero attached hydrogens (tertiary/aromatic N) is 3. The fourth-order valence-corrected chi connectivity index (χ4v) is 2.94. The van der Waals surface area contributed by atoms with E-state index >= 15 is 0 Å². The van der Waals surface area contributed by atoms with Crippen molar-refractivity contribution in [2.75, 3.05) is 7.11 Å². The standard InChI is InChI=1S/C21H18N4O3S/c1-26-17-10-5-9-16(19(17)28-14-15-7-3-2-4-8-15)13-22-25-20(23-24-21(25)29)18-11-6-12-27-18/h2-13H,14H2,1H3,(H,24,29)/b22-13-. The highest BCUT2D eigenvalue weighted by Gasteiger charge is 2.12. The van der Waals surface area contributed by atoms with Gasteiger partial charge < -0.3 is 13.9 Å². The number of aromatic amines is 1. The first-order valence-electron chi connectivity index (χ1n) is 8.85. The smallest absolute Gasteiger partial charge is 0.219 e. The van der Waals surface area contributed by atoms with Gasteiger partial charge in [-0.15, -0.1) is 5.10 Å². The molecule has 0 spiro atoms. The fourth-order valence-electron chi connectivity index (χ4n) is 2.76. The highest BCUT2D eigenvalue weighted by molar-refractivity contribution is 7.71. The summed E-state index contributed by atoms with van der Waals surface area (Å²) in [7, 11) is 1.60. The topological polar surface area (TPSA) is 77.6 Å². The minimum absolute atomic E-state index is 0.349. The van der Waals surface area contributed by atoms with Crippen molar-refractivity contribution in [1.82, 2.24) is 14.9 Å². The van der Waals surface area contributed by atoms with Crippen LogP contribution in [0.1, 0.15) is 11.1 Å². The van der Waals surface area contributed by atoms with E-state index in [-0.39, 0.29) is 0 Å². The molecule has 0 fully saturated rings. The van der Waals surface area contributed by atoms with Crippen LogP contribution in [0.3, 0.4) is 0 Å². The van der Waals surface area contributed by atoms with Gasteiger partial charge >= 0.3 is 0 Å². The zero-order valence-corrected chi connectivity index (χ0v) is 16.4. The Morgan fingerprint density at radius 3 is 2.76 bits per heavy atom. The molecule has 0 aliphatic carbocycles. The molecule has 0 saturated carbocycles. The van der Waals surface area contributed by atoms with Crippen molar-refractivity contribution < 1.29 is 13.9 Å². The van der Waals surface area contributed by atoms with E-state index in [2.05, 4.69) is 15.3 Å². The van der Waals surface area contributed by atoms with Crippen LogP contribution in [0.4, 0.5) is 0 Å². The highest BCUT2D eigenvalue weighted by atomic mass is 32.1. The number of nitrogens with one attached hydrogen (secondary N) is 1. The molecule has 0 aliphatic heterocycles. The molecule has 4 rings (SSSR count). The molecule has 146 valence electrons. The number of benzene rings is 2. The van der Waals surface area contributed by atoms with Crippen molar-refractivity contribution >= 4 is 18.4 Å². The lowest BCUT2D eigenvalue weighted by molar-refractivity contribution is 0.284. The van der Waals surface area contributed by atoms with Gasteiger partial charge in [0.1, 0.15) is 6.61 Å². The van der Waals surface area contributed by atoms with Crippen molar-refractivity contribution in [3.63, 3.8) is 0 Å². The molecule has 0 aliphatic rings. The van der Waals surface area contributed by atoms with Crippen LogP contribution >= 0.6 is 12.2 Å². The average molecular weight is 406 g/mol. The van der Waals surface area contributed by atoms with E-state index < -0.39 is 0 Å². The summed E-state index contributed by atoms with van der Waals surface area (Å²) in [6.45, 7) is 0.408. The number of rotatable bonds is 7. The van der Waals surface area contributed by atoms with Crippen LogP contribution in [0.15, 0.2) is 76.4 Å². The van der Waals surface area contributed by atoms with Crippen LogP contribution in [0.2, 0.25) is 0 Å². The number of H-pyrrole nitrogens is 1. The Balaban J connectivity index is 1.66. The predicted octanol–water partition coefficient (Wildman–Crippen LogP) is 4.67. The average Bonchev–Trinajstić information content (AvgIpc) is 3.41. The van der Waals surface area contributed by atoms with Gasteiger partial charge in [0.15, 0.2) is 17.3 Å². The number of hydrogen-bond acceptors (Lipinski definition) is 6. The quantitative estimate of drug-likeness (QED) is 0.356. The van der Waals surface area contributed by atoms with Crippen LogP contribution in [0.25, 0.3) is 11.6 Å². The molecule has 29 heavy (non-hydrogen) atoms. The maximum Gasteiger partial charge on any atom is 0.219 e. The van der Waals surface area contributed by atoms with Crippen LogP contribution in [-0.2, 0) is 6.61 Å². The van der Waals surface area contributed by atoms with E-state index in [0.717, 1.165) is 11.1 Å². The third-order valence-electron chi connectivity index (χ3n) is 4.16. The molecular weight excluding hydrogens is 388 g/mol. The van der Waals surface area contributed by atoms with Gasteiger partial charge in [0.2, 0.25) is 10.6 Å². The lowest BCUT2D eigenvalue weighted by Gasteiger charge is -2.13. The number of aromatic nitrogens is 3. The zero-order valence-electron chi connectivity index (χ0n) is 15.6. The van der Waals surface area contributed by atoms with Crippen molar-refractivity contribution in [2.24, 2.45) is 5.10 Å².